The number of non-ortho nitro benzene ring substituents is 1. The fraction of sp³-hybridized carbons (Fsp3) is 0.350. The number of carbonyl (C=O) groups is 1. The number of benzene rings is 2. The molecule has 0 spiro atoms. The van der Waals surface area contributed by atoms with Crippen LogP contribution in [0.1, 0.15) is 29.3 Å². The van der Waals surface area contributed by atoms with Gasteiger partial charge in [-0.1, -0.05) is 19.1 Å². The van der Waals surface area contributed by atoms with Crippen LogP contribution in [0.25, 0.3) is 0 Å². The van der Waals surface area contributed by atoms with Crippen LogP contribution in [0, 0.1) is 15.9 Å². The lowest BCUT2D eigenvalue weighted by Gasteiger charge is -2.20. The van der Waals surface area contributed by atoms with Gasteiger partial charge in [-0.05, 0) is 55.8 Å². The number of halogens is 1. The van der Waals surface area contributed by atoms with Gasteiger partial charge in [0.1, 0.15) is 5.82 Å². The number of hydrogen-bond donors (Lipinski definition) is 1. The molecule has 0 radical (unpaired) electrons. The molecule has 0 aliphatic rings. The predicted molar refractivity (Wildman–Crippen MR) is 102 cm³/mol. The first-order valence-corrected chi connectivity index (χ1v) is 8.99. The highest BCUT2D eigenvalue weighted by atomic mass is 19.1. The Balaban J connectivity index is 1.69. The molecule has 0 bridgehead atoms. The third kappa shape index (κ3) is 6.79. The van der Waals surface area contributed by atoms with Gasteiger partial charge in [0.15, 0.2) is 0 Å². The Hall–Kier alpha value is -2.80. The van der Waals surface area contributed by atoms with Gasteiger partial charge in [-0.25, -0.2) is 4.39 Å². The van der Waals surface area contributed by atoms with E-state index in [1.807, 2.05) is 0 Å². The summed E-state index contributed by atoms with van der Waals surface area (Å²) in [6.07, 6.45) is 1.62. The Morgan fingerprint density at radius 3 is 2.37 bits per heavy atom. The Bertz CT molecular complexity index is 748. The van der Waals surface area contributed by atoms with Crippen molar-refractivity contribution in [3.8, 4) is 0 Å². The van der Waals surface area contributed by atoms with Gasteiger partial charge in [0.25, 0.3) is 11.6 Å². The topological polar surface area (TPSA) is 75.5 Å². The minimum atomic E-state index is -0.400. The first kappa shape index (κ1) is 20.5. The fourth-order valence-corrected chi connectivity index (χ4v) is 2.71. The summed E-state index contributed by atoms with van der Waals surface area (Å²) in [5, 5.41) is 13.5. The standard InChI is InChI=1S/C20H24FN3O3/c1-2-23(15-12-16-4-10-19(11-5-16)24(26)27)14-3-13-22-20(25)17-6-8-18(21)9-7-17/h4-11H,2-3,12-15H2,1H3,(H,22,25). The van der Waals surface area contributed by atoms with E-state index in [0.29, 0.717) is 12.1 Å². The number of carbonyl (C=O) groups excluding carboxylic acids is 1. The molecule has 0 aliphatic carbocycles. The summed E-state index contributed by atoms with van der Waals surface area (Å²) in [6.45, 7) is 5.20. The Kier molecular flexibility index (Phi) is 7.88. The van der Waals surface area contributed by atoms with Crippen molar-refractivity contribution in [1.82, 2.24) is 10.2 Å². The average molecular weight is 373 g/mol. The van der Waals surface area contributed by atoms with Gasteiger partial charge >= 0.3 is 0 Å². The molecular formula is C20H24FN3O3. The highest BCUT2D eigenvalue weighted by molar-refractivity contribution is 5.94. The third-order valence-corrected chi connectivity index (χ3v) is 4.35. The van der Waals surface area contributed by atoms with Crippen LogP contribution in [0.2, 0.25) is 0 Å². The van der Waals surface area contributed by atoms with Crippen molar-refractivity contribution in [1.29, 1.82) is 0 Å². The molecule has 2 rings (SSSR count). The van der Waals surface area contributed by atoms with E-state index in [4.69, 9.17) is 0 Å². The molecule has 0 unspecified atom stereocenters. The summed E-state index contributed by atoms with van der Waals surface area (Å²) in [5.41, 5.74) is 1.61. The van der Waals surface area contributed by atoms with Crippen molar-refractivity contribution in [3.63, 3.8) is 0 Å². The predicted octanol–water partition coefficient (Wildman–Crippen LogP) is 3.42. The molecule has 6 nitrogen and oxygen atoms in total. The molecule has 0 aliphatic heterocycles. The zero-order valence-corrected chi connectivity index (χ0v) is 15.4. The van der Waals surface area contributed by atoms with Gasteiger partial charge < -0.3 is 10.2 Å². The van der Waals surface area contributed by atoms with Gasteiger partial charge in [0.2, 0.25) is 0 Å². The summed E-state index contributed by atoms with van der Waals surface area (Å²) in [4.78, 5) is 24.5. The van der Waals surface area contributed by atoms with Crippen molar-refractivity contribution in [3.05, 3.63) is 75.6 Å². The molecule has 1 amide bonds. The maximum atomic E-state index is 12.9. The van der Waals surface area contributed by atoms with Crippen LogP contribution in [-0.2, 0) is 6.42 Å². The molecule has 0 saturated heterocycles. The van der Waals surface area contributed by atoms with Crippen molar-refractivity contribution in [2.45, 2.75) is 19.8 Å². The Labute approximate surface area is 158 Å². The zero-order valence-electron chi connectivity index (χ0n) is 15.4. The summed E-state index contributed by atoms with van der Waals surface area (Å²) in [6, 6.07) is 12.1. The van der Waals surface area contributed by atoms with E-state index < -0.39 is 4.92 Å². The zero-order chi connectivity index (χ0) is 19.6. The van der Waals surface area contributed by atoms with Crippen LogP contribution < -0.4 is 5.32 Å². The van der Waals surface area contributed by atoms with Gasteiger partial charge in [-0.15, -0.1) is 0 Å². The summed E-state index contributed by atoms with van der Waals surface area (Å²) < 4.78 is 12.9. The maximum Gasteiger partial charge on any atom is 0.269 e. The largest absolute Gasteiger partial charge is 0.352 e. The first-order valence-electron chi connectivity index (χ1n) is 8.99. The van der Waals surface area contributed by atoms with Crippen molar-refractivity contribution in [2.24, 2.45) is 0 Å². The van der Waals surface area contributed by atoms with Crippen molar-refractivity contribution >= 4 is 11.6 Å². The number of nitrogens with one attached hydrogen (secondary N) is 1. The smallest absolute Gasteiger partial charge is 0.269 e. The van der Waals surface area contributed by atoms with Crippen LogP contribution in [0.15, 0.2) is 48.5 Å². The second-order valence-corrected chi connectivity index (χ2v) is 6.22. The van der Waals surface area contributed by atoms with Crippen LogP contribution >= 0.6 is 0 Å². The summed E-state index contributed by atoms with van der Waals surface area (Å²) in [5.74, 6) is -0.568. The van der Waals surface area contributed by atoms with Gasteiger partial charge in [0.05, 0.1) is 4.92 Å². The Morgan fingerprint density at radius 2 is 1.78 bits per heavy atom. The van der Waals surface area contributed by atoms with Crippen LogP contribution in [0.3, 0.4) is 0 Å². The molecular weight excluding hydrogens is 349 g/mol. The molecule has 2 aromatic rings. The lowest BCUT2D eigenvalue weighted by atomic mass is 10.1. The monoisotopic (exact) mass is 373 g/mol. The van der Waals surface area contributed by atoms with E-state index in [9.17, 15) is 19.3 Å². The van der Waals surface area contributed by atoms with Gasteiger partial charge in [0, 0.05) is 30.8 Å². The molecule has 0 fully saturated rings. The van der Waals surface area contributed by atoms with E-state index in [0.717, 1.165) is 38.0 Å². The molecule has 0 atom stereocenters. The third-order valence-electron chi connectivity index (χ3n) is 4.35. The molecule has 7 heteroatoms. The average Bonchev–Trinajstić information content (AvgIpc) is 2.68. The number of nitro groups is 1. The quantitative estimate of drug-likeness (QED) is 0.393. The molecule has 0 aromatic heterocycles. The lowest BCUT2D eigenvalue weighted by molar-refractivity contribution is -0.384. The second-order valence-electron chi connectivity index (χ2n) is 6.22. The highest BCUT2D eigenvalue weighted by Gasteiger charge is 2.08. The molecule has 0 saturated carbocycles. The van der Waals surface area contributed by atoms with E-state index in [-0.39, 0.29) is 17.4 Å². The SMILES string of the molecule is CCN(CCCNC(=O)c1ccc(F)cc1)CCc1ccc([N+](=O)[O-])cc1. The Morgan fingerprint density at radius 1 is 1.11 bits per heavy atom. The number of rotatable bonds is 10. The molecule has 1 N–H and O–H groups in total. The number of nitrogens with zero attached hydrogens (tertiary/aromatic N) is 2. The maximum absolute atomic E-state index is 12.9. The number of hydrogen-bond acceptors (Lipinski definition) is 4. The van der Waals surface area contributed by atoms with Crippen LogP contribution in [0.5, 0.6) is 0 Å². The normalized spacial score (nSPS) is 10.8. The van der Waals surface area contributed by atoms with Crippen molar-refractivity contribution < 1.29 is 14.1 Å². The lowest BCUT2D eigenvalue weighted by Crippen LogP contribution is -2.31. The van der Waals surface area contributed by atoms with Crippen LogP contribution in [0.4, 0.5) is 10.1 Å². The van der Waals surface area contributed by atoms with Crippen molar-refractivity contribution in [2.75, 3.05) is 26.2 Å². The highest BCUT2D eigenvalue weighted by Crippen LogP contribution is 2.12. The van der Waals surface area contributed by atoms with E-state index >= 15 is 0 Å². The van der Waals surface area contributed by atoms with Gasteiger partial charge in [-0.2, -0.15) is 0 Å². The van der Waals surface area contributed by atoms with E-state index in [1.165, 1.54) is 36.4 Å². The first-order chi connectivity index (χ1) is 13.0. The molecule has 2 aromatic carbocycles. The van der Waals surface area contributed by atoms with E-state index in [1.54, 1.807) is 12.1 Å². The second kappa shape index (κ2) is 10.4. The van der Waals surface area contributed by atoms with Gasteiger partial charge in [-0.3, -0.25) is 14.9 Å². The fourth-order valence-electron chi connectivity index (χ4n) is 2.71. The number of likely N-dealkylation sites (N-methyl/N-ethyl adjacent to an activating group) is 1. The minimum absolute atomic E-state index is 0.1000. The summed E-state index contributed by atoms with van der Waals surface area (Å²) >= 11 is 0. The molecule has 27 heavy (non-hydrogen) atoms. The molecule has 144 valence electrons. The van der Waals surface area contributed by atoms with E-state index in [2.05, 4.69) is 17.1 Å². The number of amides is 1. The number of nitro benzene ring substituents is 1. The minimum Gasteiger partial charge on any atom is -0.352 e. The summed E-state index contributed by atoms with van der Waals surface area (Å²) in [7, 11) is 0. The molecule has 0 heterocycles. The van der Waals surface area contributed by atoms with Crippen LogP contribution in [-0.4, -0.2) is 41.9 Å².